The van der Waals surface area contributed by atoms with Gasteiger partial charge in [-0.2, -0.15) is 0 Å². The topological polar surface area (TPSA) is 60.0 Å². The second kappa shape index (κ2) is 4.48. The van der Waals surface area contributed by atoms with Crippen molar-refractivity contribution in [2.75, 3.05) is 13.9 Å². The number of ether oxygens (including phenoxy) is 3. The van der Waals surface area contributed by atoms with Crippen LogP contribution in [0.15, 0.2) is 12.1 Å². The molecule has 0 amide bonds. The van der Waals surface area contributed by atoms with Gasteiger partial charge in [0.1, 0.15) is 0 Å². The van der Waals surface area contributed by atoms with Gasteiger partial charge >= 0.3 is 0 Å². The van der Waals surface area contributed by atoms with Crippen molar-refractivity contribution in [2.45, 2.75) is 13.2 Å². The van der Waals surface area contributed by atoms with Gasteiger partial charge in [0.05, 0.1) is 6.61 Å². The molecule has 0 saturated carbocycles. The lowest BCUT2D eigenvalue weighted by Crippen LogP contribution is -2.09. The molecule has 0 bridgehead atoms. The summed E-state index contributed by atoms with van der Waals surface area (Å²) in [6.45, 7) is 1.08. The highest BCUT2D eigenvalue weighted by atomic mass is 16.7. The van der Waals surface area contributed by atoms with Crippen LogP contribution in [0.4, 0.5) is 0 Å². The van der Waals surface area contributed by atoms with Gasteiger partial charge in [0.2, 0.25) is 6.79 Å². The summed E-state index contributed by atoms with van der Waals surface area (Å²) in [6.07, 6.45) is 0. The van der Waals surface area contributed by atoms with Crippen molar-refractivity contribution in [3.63, 3.8) is 0 Å². The van der Waals surface area contributed by atoms with Crippen LogP contribution >= 0.6 is 0 Å². The summed E-state index contributed by atoms with van der Waals surface area (Å²) in [5.41, 5.74) is 4.03. The van der Waals surface area contributed by atoms with Gasteiger partial charge in [-0.15, -0.1) is 0 Å². The molecule has 1 aliphatic heterocycles. The maximum Gasteiger partial charge on any atom is 0.231 e. The third-order valence-corrected chi connectivity index (χ3v) is 2.26. The van der Waals surface area contributed by atoms with Crippen LogP contribution in [0.3, 0.4) is 0 Å². The Kier molecular flexibility index (Phi) is 3.05. The Morgan fingerprint density at radius 2 is 2.00 bits per heavy atom. The summed E-state index contributed by atoms with van der Waals surface area (Å²) in [7, 11) is 1.63. The monoisotopic (exact) mass is 211 g/mol. The molecular formula is C10H13NO4. The van der Waals surface area contributed by atoms with E-state index in [1.165, 1.54) is 0 Å². The van der Waals surface area contributed by atoms with Crippen LogP contribution in [0.5, 0.6) is 11.5 Å². The first-order chi connectivity index (χ1) is 7.35. The van der Waals surface area contributed by atoms with Gasteiger partial charge in [0.25, 0.3) is 0 Å². The molecular weight excluding hydrogens is 198 g/mol. The molecule has 0 aliphatic carbocycles. The third-order valence-electron chi connectivity index (χ3n) is 2.26. The molecule has 0 unspecified atom stereocenters. The second-order valence-electron chi connectivity index (χ2n) is 3.24. The minimum absolute atomic E-state index is 0.248. The largest absolute Gasteiger partial charge is 0.454 e. The summed E-state index contributed by atoms with van der Waals surface area (Å²) in [6, 6.07) is 3.72. The smallest absolute Gasteiger partial charge is 0.231 e. The molecule has 0 aromatic heterocycles. The van der Waals surface area contributed by atoms with Crippen molar-refractivity contribution in [1.29, 1.82) is 0 Å². The fourth-order valence-corrected chi connectivity index (χ4v) is 1.57. The van der Waals surface area contributed by atoms with Crippen molar-refractivity contribution >= 4 is 0 Å². The normalized spacial score (nSPS) is 13.2. The standard InChI is InChI=1S/C10H13NO4/c1-13-5-8-3-10-9(14-6-15-10)2-7(8)4-11-12/h2-3,11-12H,4-6H2,1H3. The van der Waals surface area contributed by atoms with E-state index in [1.807, 2.05) is 12.1 Å². The summed E-state index contributed by atoms with van der Waals surface area (Å²) >= 11 is 0. The van der Waals surface area contributed by atoms with Crippen LogP contribution in [-0.4, -0.2) is 19.1 Å². The molecule has 0 atom stereocenters. The average molecular weight is 211 g/mol. The predicted molar refractivity (Wildman–Crippen MR) is 51.9 cm³/mol. The molecule has 0 saturated heterocycles. The zero-order valence-corrected chi connectivity index (χ0v) is 8.45. The Labute approximate surface area is 87.5 Å². The highest BCUT2D eigenvalue weighted by Crippen LogP contribution is 2.35. The molecule has 2 rings (SSSR count). The first-order valence-corrected chi connectivity index (χ1v) is 4.62. The average Bonchev–Trinajstić information content (AvgIpc) is 2.66. The number of methoxy groups -OCH3 is 1. The fourth-order valence-electron chi connectivity index (χ4n) is 1.57. The van der Waals surface area contributed by atoms with Crippen molar-refractivity contribution in [3.8, 4) is 11.5 Å². The van der Waals surface area contributed by atoms with Gasteiger partial charge in [-0.25, -0.2) is 5.48 Å². The van der Waals surface area contributed by atoms with Gasteiger partial charge in [0, 0.05) is 13.7 Å². The third kappa shape index (κ3) is 2.04. The zero-order valence-electron chi connectivity index (χ0n) is 8.45. The lowest BCUT2D eigenvalue weighted by atomic mass is 10.1. The number of benzene rings is 1. The van der Waals surface area contributed by atoms with Crippen molar-refractivity contribution in [2.24, 2.45) is 0 Å². The maximum absolute atomic E-state index is 8.70. The molecule has 5 heteroatoms. The highest BCUT2D eigenvalue weighted by molar-refractivity contribution is 5.48. The van der Waals surface area contributed by atoms with Crippen LogP contribution in [0, 0.1) is 0 Å². The van der Waals surface area contributed by atoms with E-state index >= 15 is 0 Å². The van der Waals surface area contributed by atoms with E-state index in [-0.39, 0.29) is 6.79 Å². The molecule has 1 aliphatic rings. The first kappa shape index (κ1) is 10.2. The molecule has 0 fully saturated rings. The maximum atomic E-state index is 8.70. The number of hydrogen-bond donors (Lipinski definition) is 2. The van der Waals surface area contributed by atoms with Crippen LogP contribution < -0.4 is 15.0 Å². The molecule has 82 valence electrons. The molecule has 5 nitrogen and oxygen atoms in total. The Balaban J connectivity index is 2.33. The lowest BCUT2D eigenvalue weighted by molar-refractivity contribution is 0.157. The minimum Gasteiger partial charge on any atom is -0.454 e. The van der Waals surface area contributed by atoms with Gasteiger partial charge in [-0.3, -0.25) is 0 Å². The minimum atomic E-state index is 0.248. The number of hydrogen-bond acceptors (Lipinski definition) is 5. The molecule has 0 radical (unpaired) electrons. The highest BCUT2D eigenvalue weighted by Gasteiger charge is 2.16. The van der Waals surface area contributed by atoms with Crippen LogP contribution in [0.25, 0.3) is 0 Å². The zero-order chi connectivity index (χ0) is 10.7. The summed E-state index contributed by atoms with van der Waals surface area (Å²) in [5, 5.41) is 8.70. The number of nitrogens with one attached hydrogen (secondary N) is 1. The molecule has 0 spiro atoms. The van der Waals surface area contributed by atoms with Gasteiger partial charge in [0.15, 0.2) is 11.5 Å². The molecule has 2 N–H and O–H groups in total. The van der Waals surface area contributed by atoms with Gasteiger partial charge in [-0.05, 0) is 23.3 Å². The van der Waals surface area contributed by atoms with E-state index in [9.17, 15) is 0 Å². The Morgan fingerprint density at radius 1 is 1.33 bits per heavy atom. The van der Waals surface area contributed by atoms with Crippen molar-refractivity contribution < 1.29 is 19.4 Å². The molecule has 15 heavy (non-hydrogen) atoms. The molecule has 1 aromatic carbocycles. The Hall–Kier alpha value is -1.30. The fraction of sp³-hybridized carbons (Fsp3) is 0.400. The Bertz CT molecular complexity index is 321. The van der Waals surface area contributed by atoms with E-state index in [4.69, 9.17) is 19.4 Å². The quantitative estimate of drug-likeness (QED) is 0.729. The van der Waals surface area contributed by atoms with E-state index in [0.717, 1.165) is 16.9 Å². The lowest BCUT2D eigenvalue weighted by Gasteiger charge is -2.09. The molecule has 1 heterocycles. The summed E-state index contributed by atoms with van der Waals surface area (Å²) in [4.78, 5) is 0. The Morgan fingerprint density at radius 3 is 2.60 bits per heavy atom. The molecule has 1 aromatic rings. The van der Waals surface area contributed by atoms with Crippen molar-refractivity contribution in [3.05, 3.63) is 23.3 Å². The predicted octanol–water partition coefficient (Wildman–Crippen LogP) is 1.04. The van der Waals surface area contributed by atoms with E-state index in [2.05, 4.69) is 5.48 Å². The van der Waals surface area contributed by atoms with E-state index in [1.54, 1.807) is 7.11 Å². The SMILES string of the molecule is COCc1cc2c(cc1CNO)OCO2. The van der Waals surface area contributed by atoms with Gasteiger partial charge in [-0.1, -0.05) is 0 Å². The van der Waals surface area contributed by atoms with Crippen molar-refractivity contribution in [1.82, 2.24) is 5.48 Å². The van der Waals surface area contributed by atoms with E-state index < -0.39 is 0 Å². The van der Waals surface area contributed by atoms with E-state index in [0.29, 0.717) is 18.9 Å². The second-order valence-corrected chi connectivity index (χ2v) is 3.24. The number of hydroxylamine groups is 1. The first-order valence-electron chi connectivity index (χ1n) is 4.62. The van der Waals surface area contributed by atoms with Crippen LogP contribution in [0.1, 0.15) is 11.1 Å². The summed E-state index contributed by atoms with van der Waals surface area (Å²) < 4.78 is 15.6. The van der Waals surface area contributed by atoms with Crippen LogP contribution in [-0.2, 0) is 17.9 Å². The van der Waals surface area contributed by atoms with Gasteiger partial charge < -0.3 is 19.4 Å². The number of rotatable bonds is 4. The number of fused-ring (bicyclic) bond motifs is 1. The van der Waals surface area contributed by atoms with Crippen LogP contribution in [0.2, 0.25) is 0 Å². The summed E-state index contributed by atoms with van der Waals surface area (Å²) in [5.74, 6) is 1.43.